The second-order valence-corrected chi connectivity index (χ2v) is 6.11. The summed E-state index contributed by atoms with van der Waals surface area (Å²) >= 11 is 0. The number of carbonyl (C=O) groups is 1. The molecule has 27 heavy (non-hydrogen) atoms. The van der Waals surface area contributed by atoms with Gasteiger partial charge in [0.1, 0.15) is 11.6 Å². The van der Waals surface area contributed by atoms with Gasteiger partial charge in [-0.2, -0.15) is 0 Å². The van der Waals surface area contributed by atoms with Gasteiger partial charge in [-0.25, -0.2) is 9.18 Å². The Balaban J connectivity index is 1.91. The molecule has 3 aromatic carbocycles. The van der Waals surface area contributed by atoms with Gasteiger partial charge in [-0.05, 0) is 35.4 Å². The van der Waals surface area contributed by atoms with Crippen molar-refractivity contribution in [2.75, 3.05) is 19.5 Å². The largest absolute Gasteiger partial charge is 0.495 e. The van der Waals surface area contributed by atoms with Crippen LogP contribution < -0.4 is 10.1 Å². The van der Waals surface area contributed by atoms with Crippen LogP contribution in [-0.4, -0.2) is 25.1 Å². The van der Waals surface area contributed by atoms with E-state index < -0.39 is 0 Å². The van der Waals surface area contributed by atoms with Gasteiger partial charge in [0.2, 0.25) is 0 Å². The number of anilines is 1. The highest BCUT2D eigenvalue weighted by molar-refractivity contribution is 5.91. The van der Waals surface area contributed by atoms with E-state index in [1.807, 2.05) is 42.5 Å². The number of amides is 2. The Hall–Kier alpha value is -3.34. The van der Waals surface area contributed by atoms with Crippen LogP contribution >= 0.6 is 0 Å². The highest BCUT2D eigenvalue weighted by Crippen LogP contribution is 2.29. The zero-order valence-corrected chi connectivity index (χ0v) is 15.2. The van der Waals surface area contributed by atoms with Crippen LogP contribution in [0.25, 0.3) is 0 Å². The number of hydrogen-bond donors (Lipinski definition) is 1. The lowest BCUT2D eigenvalue weighted by atomic mass is 9.97. The van der Waals surface area contributed by atoms with E-state index >= 15 is 0 Å². The Morgan fingerprint density at radius 3 is 2.19 bits per heavy atom. The number of hydrogen-bond acceptors (Lipinski definition) is 2. The van der Waals surface area contributed by atoms with Crippen LogP contribution in [0, 0.1) is 5.82 Å². The maximum Gasteiger partial charge on any atom is 0.322 e. The van der Waals surface area contributed by atoms with E-state index in [4.69, 9.17) is 4.74 Å². The van der Waals surface area contributed by atoms with Gasteiger partial charge in [-0.15, -0.1) is 0 Å². The average Bonchev–Trinajstić information content (AvgIpc) is 2.70. The van der Waals surface area contributed by atoms with Gasteiger partial charge in [0.15, 0.2) is 0 Å². The predicted molar refractivity (Wildman–Crippen MR) is 104 cm³/mol. The second kappa shape index (κ2) is 8.36. The number of rotatable bonds is 5. The normalized spacial score (nSPS) is 11.5. The molecule has 0 aliphatic rings. The van der Waals surface area contributed by atoms with Crippen molar-refractivity contribution in [1.82, 2.24) is 4.90 Å². The standard InChI is InChI=1S/C22H21FN2O2/c1-25(22(26)24-19-10-6-7-11-20(19)27-2)21(16-8-4-3-5-9-16)17-12-14-18(23)15-13-17/h3-15,21H,1-2H3,(H,24,26). The number of urea groups is 1. The molecule has 4 nitrogen and oxygen atoms in total. The molecular weight excluding hydrogens is 343 g/mol. The minimum atomic E-state index is -0.360. The maximum absolute atomic E-state index is 13.4. The minimum absolute atomic E-state index is 0.294. The molecule has 3 rings (SSSR count). The van der Waals surface area contributed by atoms with E-state index in [0.717, 1.165) is 11.1 Å². The zero-order chi connectivity index (χ0) is 19.2. The third-order valence-electron chi connectivity index (χ3n) is 4.36. The van der Waals surface area contributed by atoms with Gasteiger partial charge < -0.3 is 15.0 Å². The first-order valence-electron chi connectivity index (χ1n) is 8.57. The number of carbonyl (C=O) groups excluding carboxylic acids is 1. The quantitative estimate of drug-likeness (QED) is 0.685. The fourth-order valence-corrected chi connectivity index (χ4v) is 2.99. The van der Waals surface area contributed by atoms with Gasteiger partial charge in [-0.3, -0.25) is 0 Å². The molecule has 138 valence electrons. The smallest absolute Gasteiger partial charge is 0.322 e. The predicted octanol–water partition coefficient (Wildman–Crippen LogP) is 5.09. The van der Waals surface area contributed by atoms with Crippen molar-refractivity contribution in [3.63, 3.8) is 0 Å². The van der Waals surface area contributed by atoms with Gasteiger partial charge in [0.05, 0.1) is 18.8 Å². The summed E-state index contributed by atoms with van der Waals surface area (Å²) in [7, 11) is 3.27. The van der Waals surface area contributed by atoms with Crippen LogP contribution in [0.5, 0.6) is 5.75 Å². The molecule has 5 heteroatoms. The molecule has 0 radical (unpaired) electrons. The maximum atomic E-state index is 13.4. The molecule has 3 aromatic rings. The van der Waals surface area contributed by atoms with E-state index in [0.29, 0.717) is 11.4 Å². The van der Waals surface area contributed by atoms with Gasteiger partial charge in [-0.1, -0.05) is 54.6 Å². The number of para-hydroxylation sites is 2. The fourth-order valence-electron chi connectivity index (χ4n) is 2.99. The fraction of sp³-hybridized carbons (Fsp3) is 0.136. The lowest BCUT2D eigenvalue weighted by molar-refractivity contribution is 0.212. The van der Waals surface area contributed by atoms with Crippen molar-refractivity contribution in [3.05, 3.63) is 95.8 Å². The van der Waals surface area contributed by atoms with Crippen LogP contribution in [0.4, 0.5) is 14.9 Å². The van der Waals surface area contributed by atoms with Crippen molar-refractivity contribution in [3.8, 4) is 5.75 Å². The van der Waals surface area contributed by atoms with Crippen molar-refractivity contribution in [2.24, 2.45) is 0 Å². The van der Waals surface area contributed by atoms with Crippen LogP contribution in [0.15, 0.2) is 78.9 Å². The van der Waals surface area contributed by atoms with E-state index in [2.05, 4.69) is 5.32 Å². The average molecular weight is 364 g/mol. The van der Waals surface area contributed by atoms with E-state index in [-0.39, 0.29) is 17.9 Å². The Morgan fingerprint density at radius 2 is 1.52 bits per heavy atom. The number of methoxy groups -OCH3 is 1. The SMILES string of the molecule is COc1ccccc1NC(=O)N(C)C(c1ccccc1)c1ccc(F)cc1. The zero-order valence-electron chi connectivity index (χ0n) is 15.2. The number of benzene rings is 3. The number of nitrogens with one attached hydrogen (secondary N) is 1. The molecule has 0 spiro atoms. The minimum Gasteiger partial charge on any atom is -0.495 e. The third kappa shape index (κ3) is 4.26. The summed E-state index contributed by atoms with van der Waals surface area (Å²) in [6.45, 7) is 0. The lowest BCUT2D eigenvalue weighted by Gasteiger charge is -2.29. The summed E-state index contributed by atoms with van der Waals surface area (Å²) in [4.78, 5) is 14.5. The highest BCUT2D eigenvalue weighted by Gasteiger charge is 2.24. The van der Waals surface area contributed by atoms with E-state index in [1.54, 1.807) is 43.3 Å². The van der Waals surface area contributed by atoms with E-state index in [1.165, 1.54) is 12.1 Å². The molecule has 0 aliphatic heterocycles. The first-order valence-corrected chi connectivity index (χ1v) is 8.57. The number of ether oxygens (including phenoxy) is 1. The molecule has 0 bridgehead atoms. The molecule has 0 aliphatic carbocycles. The summed E-state index contributed by atoms with van der Waals surface area (Å²) in [5, 5.41) is 2.88. The summed E-state index contributed by atoms with van der Waals surface area (Å²) in [5.74, 6) is 0.268. The summed E-state index contributed by atoms with van der Waals surface area (Å²) < 4.78 is 18.7. The van der Waals surface area contributed by atoms with Crippen molar-refractivity contribution in [1.29, 1.82) is 0 Å². The molecular formula is C22H21FN2O2. The highest BCUT2D eigenvalue weighted by atomic mass is 19.1. The Labute approximate surface area is 158 Å². The van der Waals surface area contributed by atoms with Crippen LogP contribution in [0.1, 0.15) is 17.2 Å². The summed E-state index contributed by atoms with van der Waals surface area (Å²) in [6.07, 6.45) is 0. The van der Waals surface area contributed by atoms with Crippen molar-refractivity contribution >= 4 is 11.7 Å². The molecule has 1 unspecified atom stereocenters. The lowest BCUT2D eigenvalue weighted by Crippen LogP contribution is -2.35. The van der Waals surface area contributed by atoms with Gasteiger partial charge >= 0.3 is 6.03 Å². The molecule has 0 heterocycles. The van der Waals surface area contributed by atoms with E-state index in [9.17, 15) is 9.18 Å². The molecule has 0 fully saturated rings. The topological polar surface area (TPSA) is 41.6 Å². The summed E-state index contributed by atoms with van der Waals surface area (Å²) in [6, 6.07) is 22.4. The first-order chi connectivity index (χ1) is 13.1. The Kier molecular flexibility index (Phi) is 5.71. The molecule has 2 amide bonds. The van der Waals surface area contributed by atoms with Crippen LogP contribution in [-0.2, 0) is 0 Å². The Bertz CT molecular complexity index is 898. The second-order valence-electron chi connectivity index (χ2n) is 6.11. The number of nitrogens with zero attached hydrogens (tertiary/aromatic N) is 1. The molecule has 1 atom stereocenters. The third-order valence-corrected chi connectivity index (χ3v) is 4.36. The molecule has 0 saturated carbocycles. The van der Waals surface area contributed by atoms with Crippen molar-refractivity contribution in [2.45, 2.75) is 6.04 Å². The number of halogens is 1. The molecule has 1 N–H and O–H groups in total. The monoisotopic (exact) mass is 364 g/mol. The van der Waals surface area contributed by atoms with Crippen LogP contribution in [0.3, 0.4) is 0 Å². The van der Waals surface area contributed by atoms with Gasteiger partial charge in [0, 0.05) is 7.05 Å². The molecule has 0 aromatic heterocycles. The van der Waals surface area contributed by atoms with Crippen LogP contribution in [0.2, 0.25) is 0 Å². The Morgan fingerprint density at radius 1 is 0.926 bits per heavy atom. The summed E-state index contributed by atoms with van der Waals surface area (Å²) in [5.41, 5.74) is 2.34. The first kappa shape index (κ1) is 18.5. The van der Waals surface area contributed by atoms with Crippen molar-refractivity contribution < 1.29 is 13.9 Å². The molecule has 0 saturated heterocycles. The van der Waals surface area contributed by atoms with Gasteiger partial charge in [0.25, 0.3) is 0 Å².